The minimum atomic E-state index is -1.06. The summed E-state index contributed by atoms with van der Waals surface area (Å²) in [6.45, 7) is 0. The van der Waals surface area contributed by atoms with Gasteiger partial charge in [0.1, 0.15) is 11.9 Å². The van der Waals surface area contributed by atoms with E-state index in [1.54, 1.807) is 18.2 Å². The van der Waals surface area contributed by atoms with Gasteiger partial charge in [0.15, 0.2) is 5.78 Å². The van der Waals surface area contributed by atoms with Gasteiger partial charge in [-0.15, -0.1) is 0 Å². The van der Waals surface area contributed by atoms with E-state index in [1.165, 1.54) is 30.3 Å². The van der Waals surface area contributed by atoms with Crippen LogP contribution in [0.4, 0.5) is 4.79 Å². The smallest absolute Gasteiger partial charge is 0.431 e. The van der Waals surface area contributed by atoms with Gasteiger partial charge in [0.2, 0.25) is 0 Å². The highest BCUT2D eigenvalue weighted by Gasteiger charge is 2.24. The van der Waals surface area contributed by atoms with Crippen LogP contribution in [0, 0.1) is 0 Å². The predicted octanol–water partition coefficient (Wildman–Crippen LogP) is 4.40. The van der Waals surface area contributed by atoms with Gasteiger partial charge in [-0.1, -0.05) is 36.8 Å². The third-order valence-corrected chi connectivity index (χ3v) is 4.61. The van der Waals surface area contributed by atoms with Gasteiger partial charge in [-0.3, -0.25) is 9.68 Å². The first-order valence-electron chi connectivity index (χ1n) is 9.07. The molecule has 28 heavy (non-hydrogen) atoms. The fraction of sp³-hybridized carbons (Fsp3) is 0.286. The molecule has 1 aliphatic rings. The largest absolute Gasteiger partial charge is 0.514 e. The van der Waals surface area contributed by atoms with Gasteiger partial charge >= 0.3 is 12.1 Å². The Hall–Kier alpha value is -3.19. The Balaban J connectivity index is 1.81. The molecule has 0 bridgehead atoms. The summed E-state index contributed by atoms with van der Waals surface area (Å²) in [6, 6.07) is 12.1. The monoisotopic (exact) mass is 384 g/mol. The van der Waals surface area contributed by atoms with Crippen molar-refractivity contribution in [3.05, 3.63) is 65.2 Å². The third-order valence-electron chi connectivity index (χ3n) is 4.61. The normalized spacial score (nSPS) is 14.2. The number of para-hydroxylation sites is 1. The van der Waals surface area contributed by atoms with E-state index < -0.39 is 17.9 Å². The zero-order valence-corrected chi connectivity index (χ0v) is 15.1. The molecule has 3 rings (SSSR count). The van der Waals surface area contributed by atoms with Crippen LogP contribution in [-0.2, 0) is 9.62 Å². The number of carbonyl (C=O) groups excluding carboxylic acids is 3. The van der Waals surface area contributed by atoms with E-state index in [9.17, 15) is 14.4 Å². The van der Waals surface area contributed by atoms with Crippen LogP contribution in [-0.4, -0.2) is 29.3 Å². The number of hydrogen-bond donors (Lipinski definition) is 1. The Labute approximate surface area is 161 Å². The zero-order valence-electron chi connectivity index (χ0n) is 15.1. The Morgan fingerprint density at radius 2 is 1.43 bits per heavy atom. The topological polar surface area (TPSA) is 99.1 Å². The van der Waals surface area contributed by atoms with Crippen molar-refractivity contribution in [2.45, 2.75) is 38.2 Å². The van der Waals surface area contributed by atoms with Crippen LogP contribution in [0.2, 0.25) is 0 Å². The minimum absolute atomic E-state index is 0.0123. The van der Waals surface area contributed by atoms with Gasteiger partial charge in [-0.2, -0.15) is 5.26 Å². The maximum atomic E-state index is 13.0. The molecule has 0 spiro atoms. The van der Waals surface area contributed by atoms with Crippen molar-refractivity contribution in [1.82, 2.24) is 0 Å². The van der Waals surface area contributed by atoms with E-state index in [1.807, 2.05) is 0 Å². The van der Waals surface area contributed by atoms with Gasteiger partial charge in [0.05, 0.1) is 11.1 Å². The van der Waals surface area contributed by atoms with Crippen LogP contribution >= 0.6 is 0 Å². The zero-order chi connectivity index (χ0) is 19.9. The van der Waals surface area contributed by atoms with Gasteiger partial charge in [-0.05, 0) is 43.9 Å². The van der Waals surface area contributed by atoms with Crippen molar-refractivity contribution in [2.75, 3.05) is 0 Å². The number of ether oxygens (including phenoxy) is 2. The summed E-state index contributed by atoms with van der Waals surface area (Å²) in [5.74, 6) is -1.58. The van der Waals surface area contributed by atoms with E-state index in [-0.39, 0.29) is 28.5 Å². The maximum Gasteiger partial charge on any atom is 0.514 e. The molecule has 1 saturated carbocycles. The molecule has 2 aromatic rings. The lowest BCUT2D eigenvalue weighted by atomic mass is 9.98. The summed E-state index contributed by atoms with van der Waals surface area (Å²) in [4.78, 5) is 40.6. The van der Waals surface area contributed by atoms with Crippen molar-refractivity contribution in [3.8, 4) is 5.75 Å². The lowest BCUT2D eigenvalue weighted by Gasteiger charge is -2.21. The van der Waals surface area contributed by atoms with Crippen LogP contribution in [0.15, 0.2) is 48.5 Å². The Morgan fingerprint density at radius 1 is 0.821 bits per heavy atom. The summed E-state index contributed by atoms with van der Waals surface area (Å²) in [6.07, 6.45) is 3.69. The fourth-order valence-electron chi connectivity index (χ4n) is 3.23. The molecule has 0 saturated heterocycles. The molecule has 7 heteroatoms. The molecule has 0 aromatic heterocycles. The van der Waals surface area contributed by atoms with Crippen LogP contribution in [0.5, 0.6) is 5.75 Å². The van der Waals surface area contributed by atoms with Crippen molar-refractivity contribution in [3.63, 3.8) is 0 Å². The first kappa shape index (κ1) is 19.6. The first-order valence-corrected chi connectivity index (χ1v) is 9.07. The molecule has 1 fully saturated rings. The van der Waals surface area contributed by atoms with E-state index in [2.05, 4.69) is 4.89 Å². The van der Waals surface area contributed by atoms with E-state index in [4.69, 9.17) is 14.7 Å². The molecule has 7 nitrogen and oxygen atoms in total. The van der Waals surface area contributed by atoms with Crippen LogP contribution in [0.1, 0.15) is 58.4 Å². The molecule has 0 radical (unpaired) electrons. The van der Waals surface area contributed by atoms with E-state index in [0.29, 0.717) is 0 Å². The van der Waals surface area contributed by atoms with Crippen molar-refractivity contribution in [2.24, 2.45) is 0 Å². The summed E-state index contributed by atoms with van der Waals surface area (Å²) < 4.78 is 10.6. The molecule has 0 unspecified atom stereocenters. The predicted molar refractivity (Wildman–Crippen MR) is 98.3 cm³/mol. The highest BCUT2D eigenvalue weighted by molar-refractivity contribution is 6.15. The third kappa shape index (κ3) is 4.55. The lowest BCUT2D eigenvalue weighted by Crippen LogP contribution is -2.23. The molecule has 1 aliphatic carbocycles. The number of ketones is 1. The molecule has 0 amide bonds. The van der Waals surface area contributed by atoms with Crippen LogP contribution < -0.4 is 4.74 Å². The number of rotatable bonds is 5. The van der Waals surface area contributed by atoms with Crippen molar-refractivity contribution in [1.29, 1.82) is 0 Å². The summed E-state index contributed by atoms with van der Waals surface area (Å²) in [5.41, 5.74) is -0.00545. The Kier molecular flexibility index (Phi) is 6.39. The minimum Gasteiger partial charge on any atom is -0.431 e. The maximum absolute atomic E-state index is 13.0. The summed E-state index contributed by atoms with van der Waals surface area (Å²) in [7, 11) is 0. The number of benzene rings is 2. The van der Waals surface area contributed by atoms with Crippen LogP contribution in [0.25, 0.3) is 0 Å². The van der Waals surface area contributed by atoms with E-state index in [0.717, 1.165) is 32.1 Å². The molecule has 0 aliphatic heterocycles. The second-order valence-corrected chi connectivity index (χ2v) is 6.48. The summed E-state index contributed by atoms with van der Waals surface area (Å²) in [5, 5.41) is 8.65. The average Bonchev–Trinajstić information content (AvgIpc) is 2.73. The van der Waals surface area contributed by atoms with Crippen LogP contribution in [0.3, 0.4) is 0 Å². The van der Waals surface area contributed by atoms with Gasteiger partial charge in [-0.25, -0.2) is 9.59 Å². The molecule has 0 atom stereocenters. The Bertz CT molecular complexity index is 869. The Morgan fingerprint density at radius 3 is 2.11 bits per heavy atom. The molecular weight excluding hydrogens is 364 g/mol. The van der Waals surface area contributed by atoms with E-state index >= 15 is 0 Å². The second-order valence-electron chi connectivity index (χ2n) is 6.48. The highest BCUT2D eigenvalue weighted by Crippen LogP contribution is 2.25. The van der Waals surface area contributed by atoms with Gasteiger partial charge in [0, 0.05) is 5.56 Å². The molecular formula is C21H20O7. The van der Waals surface area contributed by atoms with Gasteiger partial charge in [0.25, 0.3) is 0 Å². The van der Waals surface area contributed by atoms with Gasteiger partial charge < -0.3 is 9.47 Å². The summed E-state index contributed by atoms with van der Waals surface area (Å²) >= 11 is 0. The first-order chi connectivity index (χ1) is 13.6. The SMILES string of the molecule is O=C(Oc1ccccc1C(=O)c1ccccc1C(=O)OO)OC1CCCCC1. The second kappa shape index (κ2) is 9.14. The van der Waals surface area contributed by atoms with Crippen molar-refractivity contribution >= 4 is 17.9 Å². The number of carbonyl (C=O) groups is 3. The highest BCUT2D eigenvalue weighted by atomic mass is 17.1. The standard InChI is InChI=1S/C21H20O7/c22-19(15-10-4-5-11-16(15)20(23)28-25)17-12-6-7-13-18(17)27-21(24)26-14-8-2-1-3-9-14/h4-7,10-14,25H,1-3,8-9H2. The number of hydrogen-bond acceptors (Lipinski definition) is 7. The quantitative estimate of drug-likeness (QED) is 0.268. The molecule has 2 aromatic carbocycles. The molecule has 0 heterocycles. The molecule has 146 valence electrons. The lowest BCUT2D eigenvalue weighted by molar-refractivity contribution is -0.182. The van der Waals surface area contributed by atoms with Crippen molar-refractivity contribution < 1.29 is 34.0 Å². The fourth-order valence-corrected chi connectivity index (χ4v) is 3.23. The molecule has 1 N–H and O–H groups in total. The average molecular weight is 384 g/mol.